The van der Waals surface area contributed by atoms with Crippen LogP contribution in [-0.4, -0.2) is 13.0 Å². The summed E-state index contributed by atoms with van der Waals surface area (Å²) in [4.78, 5) is 12.5. The SMILES string of the molecule is COc1csc(C(=O)Nc2ccccc2C#N)c1. The van der Waals surface area contributed by atoms with Gasteiger partial charge in [-0.3, -0.25) is 4.79 Å². The zero-order chi connectivity index (χ0) is 13.0. The third-order valence-electron chi connectivity index (χ3n) is 2.33. The minimum atomic E-state index is -0.244. The lowest BCUT2D eigenvalue weighted by Crippen LogP contribution is -2.11. The molecular weight excluding hydrogens is 248 g/mol. The molecule has 90 valence electrons. The number of rotatable bonds is 3. The third-order valence-corrected chi connectivity index (χ3v) is 3.24. The van der Waals surface area contributed by atoms with Gasteiger partial charge in [0.25, 0.3) is 5.91 Å². The van der Waals surface area contributed by atoms with Crippen LogP contribution in [0.2, 0.25) is 0 Å². The van der Waals surface area contributed by atoms with Gasteiger partial charge in [-0.05, 0) is 12.1 Å². The van der Waals surface area contributed by atoms with E-state index in [-0.39, 0.29) is 5.91 Å². The van der Waals surface area contributed by atoms with Crippen LogP contribution in [0.3, 0.4) is 0 Å². The molecule has 0 spiro atoms. The van der Waals surface area contributed by atoms with Crippen molar-refractivity contribution in [2.75, 3.05) is 12.4 Å². The van der Waals surface area contributed by atoms with Gasteiger partial charge >= 0.3 is 0 Å². The van der Waals surface area contributed by atoms with Crippen molar-refractivity contribution in [2.45, 2.75) is 0 Å². The van der Waals surface area contributed by atoms with Gasteiger partial charge in [0.2, 0.25) is 0 Å². The summed E-state index contributed by atoms with van der Waals surface area (Å²) in [6, 6.07) is 10.6. The van der Waals surface area contributed by atoms with E-state index in [1.807, 2.05) is 6.07 Å². The number of amides is 1. The van der Waals surface area contributed by atoms with E-state index in [4.69, 9.17) is 10.00 Å². The maximum absolute atomic E-state index is 11.9. The van der Waals surface area contributed by atoms with Gasteiger partial charge in [0, 0.05) is 11.4 Å². The van der Waals surface area contributed by atoms with Crippen LogP contribution >= 0.6 is 11.3 Å². The molecule has 1 N–H and O–H groups in total. The van der Waals surface area contributed by atoms with Crippen LogP contribution in [0.25, 0.3) is 0 Å². The molecule has 4 nitrogen and oxygen atoms in total. The molecule has 0 aliphatic heterocycles. The lowest BCUT2D eigenvalue weighted by molar-refractivity contribution is 0.103. The second-order valence-electron chi connectivity index (χ2n) is 3.46. The molecule has 0 bridgehead atoms. The van der Waals surface area contributed by atoms with E-state index < -0.39 is 0 Å². The van der Waals surface area contributed by atoms with Gasteiger partial charge in [0.15, 0.2) is 0 Å². The van der Waals surface area contributed by atoms with Crippen molar-refractivity contribution in [1.82, 2.24) is 0 Å². The topological polar surface area (TPSA) is 62.1 Å². The number of carbonyl (C=O) groups is 1. The fraction of sp³-hybridized carbons (Fsp3) is 0.0769. The van der Waals surface area contributed by atoms with Gasteiger partial charge in [-0.2, -0.15) is 5.26 Å². The molecule has 0 unspecified atom stereocenters. The number of thiophene rings is 1. The normalized spacial score (nSPS) is 9.56. The minimum absolute atomic E-state index is 0.244. The highest BCUT2D eigenvalue weighted by molar-refractivity contribution is 7.12. The van der Waals surface area contributed by atoms with Crippen molar-refractivity contribution in [3.05, 3.63) is 46.2 Å². The quantitative estimate of drug-likeness (QED) is 0.920. The van der Waals surface area contributed by atoms with E-state index in [2.05, 4.69) is 5.32 Å². The van der Waals surface area contributed by atoms with Crippen molar-refractivity contribution >= 4 is 22.9 Å². The third kappa shape index (κ3) is 2.50. The predicted molar refractivity (Wildman–Crippen MR) is 70.0 cm³/mol. The Morgan fingerprint density at radius 2 is 2.22 bits per heavy atom. The highest BCUT2D eigenvalue weighted by atomic mass is 32.1. The number of carbonyl (C=O) groups excluding carboxylic acids is 1. The predicted octanol–water partition coefficient (Wildman–Crippen LogP) is 2.88. The van der Waals surface area contributed by atoms with E-state index >= 15 is 0 Å². The Hall–Kier alpha value is -2.32. The second-order valence-corrected chi connectivity index (χ2v) is 4.37. The van der Waals surface area contributed by atoms with E-state index in [1.165, 1.54) is 11.3 Å². The lowest BCUT2D eigenvalue weighted by Gasteiger charge is -2.04. The summed E-state index contributed by atoms with van der Waals surface area (Å²) in [5, 5.41) is 13.4. The number of hydrogen-bond acceptors (Lipinski definition) is 4. The van der Waals surface area contributed by atoms with Crippen LogP contribution < -0.4 is 10.1 Å². The average Bonchev–Trinajstić information content (AvgIpc) is 2.88. The first-order chi connectivity index (χ1) is 8.74. The number of anilines is 1. The summed E-state index contributed by atoms with van der Waals surface area (Å²) in [5.74, 6) is 0.407. The number of para-hydroxylation sites is 1. The van der Waals surface area contributed by atoms with Crippen molar-refractivity contribution in [3.8, 4) is 11.8 Å². The molecule has 0 aliphatic rings. The number of hydrogen-bond donors (Lipinski definition) is 1. The molecule has 0 saturated carbocycles. The van der Waals surface area contributed by atoms with Crippen molar-refractivity contribution < 1.29 is 9.53 Å². The fourth-order valence-corrected chi connectivity index (χ4v) is 2.17. The number of benzene rings is 1. The number of nitriles is 1. The van der Waals surface area contributed by atoms with Crippen LogP contribution in [0.5, 0.6) is 5.75 Å². The Morgan fingerprint density at radius 3 is 2.89 bits per heavy atom. The summed E-state index contributed by atoms with van der Waals surface area (Å²) in [6.45, 7) is 0. The van der Waals surface area contributed by atoms with E-state index in [1.54, 1.807) is 42.8 Å². The van der Waals surface area contributed by atoms with Crippen LogP contribution in [-0.2, 0) is 0 Å². The molecule has 2 rings (SSSR count). The second kappa shape index (κ2) is 5.34. The summed E-state index contributed by atoms with van der Waals surface area (Å²) in [7, 11) is 1.55. The van der Waals surface area contributed by atoms with Crippen LogP contribution in [0, 0.1) is 11.3 Å². The highest BCUT2D eigenvalue weighted by Gasteiger charge is 2.11. The first-order valence-electron chi connectivity index (χ1n) is 5.17. The van der Waals surface area contributed by atoms with Crippen molar-refractivity contribution in [2.24, 2.45) is 0 Å². The van der Waals surface area contributed by atoms with Crippen LogP contribution in [0.15, 0.2) is 35.7 Å². The van der Waals surface area contributed by atoms with Gasteiger partial charge in [0.05, 0.1) is 23.2 Å². The maximum Gasteiger partial charge on any atom is 0.265 e. The lowest BCUT2D eigenvalue weighted by atomic mass is 10.2. The molecule has 0 radical (unpaired) electrons. The fourth-order valence-electron chi connectivity index (χ4n) is 1.42. The Kier molecular flexibility index (Phi) is 3.60. The highest BCUT2D eigenvalue weighted by Crippen LogP contribution is 2.23. The zero-order valence-corrected chi connectivity index (χ0v) is 10.5. The van der Waals surface area contributed by atoms with Crippen LogP contribution in [0.4, 0.5) is 5.69 Å². The van der Waals surface area contributed by atoms with E-state index in [0.717, 1.165) is 0 Å². The van der Waals surface area contributed by atoms with E-state index in [0.29, 0.717) is 21.9 Å². The molecule has 1 heterocycles. The van der Waals surface area contributed by atoms with Gasteiger partial charge in [-0.1, -0.05) is 12.1 Å². The Bertz CT molecular complexity index is 613. The van der Waals surface area contributed by atoms with Gasteiger partial charge in [-0.25, -0.2) is 0 Å². The van der Waals surface area contributed by atoms with Gasteiger partial charge < -0.3 is 10.1 Å². The largest absolute Gasteiger partial charge is 0.496 e. The van der Waals surface area contributed by atoms with Crippen LogP contribution in [0.1, 0.15) is 15.2 Å². The molecule has 0 fully saturated rings. The monoisotopic (exact) mass is 258 g/mol. The standard InChI is InChI=1S/C13H10N2O2S/c1-17-10-6-12(18-8-10)13(16)15-11-5-3-2-4-9(11)7-14/h2-6,8H,1H3,(H,15,16). The van der Waals surface area contributed by atoms with Crippen molar-refractivity contribution in [3.63, 3.8) is 0 Å². The molecule has 18 heavy (non-hydrogen) atoms. The molecule has 5 heteroatoms. The number of methoxy groups -OCH3 is 1. The first kappa shape index (κ1) is 12.1. The average molecular weight is 258 g/mol. The summed E-state index contributed by atoms with van der Waals surface area (Å²) in [6.07, 6.45) is 0. The minimum Gasteiger partial charge on any atom is -0.496 e. The molecule has 0 saturated heterocycles. The van der Waals surface area contributed by atoms with Gasteiger partial charge in [-0.15, -0.1) is 11.3 Å². The number of nitrogens with zero attached hydrogens (tertiary/aromatic N) is 1. The number of nitrogens with one attached hydrogen (secondary N) is 1. The van der Waals surface area contributed by atoms with Crippen molar-refractivity contribution in [1.29, 1.82) is 5.26 Å². The summed E-state index contributed by atoms with van der Waals surface area (Å²) in [5.41, 5.74) is 0.951. The molecule has 1 amide bonds. The number of ether oxygens (including phenoxy) is 1. The first-order valence-corrected chi connectivity index (χ1v) is 6.05. The zero-order valence-electron chi connectivity index (χ0n) is 9.64. The Morgan fingerprint density at radius 1 is 1.44 bits per heavy atom. The Labute approximate surface area is 108 Å². The smallest absolute Gasteiger partial charge is 0.265 e. The molecule has 0 atom stereocenters. The molecule has 1 aromatic carbocycles. The molecule has 2 aromatic rings. The molecule has 0 aliphatic carbocycles. The van der Waals surface area contributed by atoms with Gasteiger partial charge in [0.1, 0.15) is 11.8 Å². The summed E-state index contributed by atoms with van der Waals surface area (Å²) >= 11 is 1.29. The Balaban J connectivity index is 2.19. The maximum atomic E-state index is 11.9. The summed E-state index contributed by atoms with van der Waals surface area (Å²) < 4.78 is 5.02. The molecule has 1 aromatic heterocycles. The molecular formula is C13H10N2O2S. The van der Waals surface area contributed by atoms with E-state index in [9.17, 15) is 4.79 Å².